The molecule has 0 radical (unpaired) electrons. The van der Waals surface area contributed by atoms with Crippen LogP contribution in [0.5, 0.6) is 0 Å². The molecule has 0 aliphatic carbocycles. The first kappa shape index (κ1) is 122. The van der Waals surface area contributed by atoms with E-state index in [-0.39, 0.29) is 190 Å². The Labute approximate surface area is 820 Å². The fraction of sp³-hybridized carbons (Fsp3) is 0.680. The summed E-state index contributed by atoms with van der Waals surface area (Å²) in [5.41, 5.74) is 60.8. The number of H-pyrrole nitrogens is 1. The van der Waals surface area contributed by atoms with Crippen LogP contribution in [0.3, 0.4) is 0 Å². The van der Waals surface area contributed by atoms with Crippen LogP contribution in [0.25, 0.3) is 10.9 Å². The number of hydrogen-bond donors (Lipinski definition) is 25. The van der Waals surface area contributed by atoms with Gasteiger partial charge in [0.15, 0.2) is 11.9 Å². The van der Waals surface area contributed by atoms with Gasteiger partial charge >= 0.3 is 0 Å². The van der Waals surface area contributed by atoms with Gasteiger partial charge in [-0.1, -0.05) is 152 Å². The average Bonchev–Trinajstić information content (AvgIpc) is 1.67. The van der Waals surface area contributed by atoms with Crippen molar-refractivity contribution >= 4 is 111 Å². The number of primary amides is 1. The lowest BCUT2D eigenvalue weighted by Gasteiger charge is -2.30. The molecule has 16 atom stereocenters. The van der Waals surface area contributed by atoms with Crippen LogP contribution in [0.4, 0.5) is 0 Å². The minimum absolute atomic E-state index is 0.00167. The number of carbonyl (C=O) groups is 15. The highest BCUT2D eigenvalue weighted by atomic mass is 16.2. The molecule has 0 aliphatic rings. The molecule has 0 saturated heterocycles. The second kappa shape index (κ2) is 65.3. The van der Waals surface area contributed by atoms with Crippen molar-refractivity contribution in [1.82, 2.24) is 79.4 Å². The predicted octanol–water partition coefficient (Wildman–Crippen LogP) is 0.109. The number of carbonyl (C=O) groups excluding carboxylic acids is 15. The van der Waals surface area contributed by atoms with Crippen LogP contribution >= 0.6 is 0 Å². The van der Waals surface area contributed by atoms with E-state index in [4.69, 9.17) is 57.3 Å². The van der Waals surface area contributed by atoms with E-state index >= 15 is 33.6 Å². The first-order valence-electron chi connectivity index (χ1n) is 49.6. The molecule has 42 nitrogen and oxygen atoms in total. The Bertz CT molecular complexity index is 4390. The third kappa shape index (κ3) is 46.8. The van der Waals surface area contributed by atoms with Gasteiger partial charge in [-0.3, -0.25) is 81.9 Å². The second-order valence-corrected chi connectivity index (χ2v) is 38.8. The largest absolute Gasteiger partial charge is 0.370 e. The molecule has 0 aliphatic heterocycles. The molecule has 1 heterocycles. The molecular weight excluding hydrogens is 1780 g/mol. The SMILES string of the molecule is CC[C@H](C)[C@H](NC(=O)[C@H](CCCCN)NC(=O)[C@H](CCCCN)NC(=O)[C@H](Cc1ccccc1)NC(=O)[C@H](CC(C)C)NC(=O)[C@H](CCCCN)NC(=O)[C@H](Cc1c[nH]c2ccccc12)NC(=O)[C@@H](N)CC(C)C)C(=O)N[C@@H](CCCN=C(N)N)C(=O)N[C@@H](CCCN=C(N)N)C(=O)N[C@@H](CC(C)C)C(=O)N[C@@H](CC(C)C)C(=O)N[C@@H](CCCCN)C(=O)N[C@H](C(=O)N[C@@H](CC(C)C)C(N)=O)C(C)C. The number of nitrogens with one attached hydrogen (secondary N) is 15. The molecule has 0 unspecified atom stereocenters. The number of guanidine groups is 2. The van der Waals surface area contributed by atoms with E-state index in [9.17, 15) is 38.4 Å². The number of fused-ring (bicyclic) bond motifs is 1. The zero-order valence-electron chi connectivity index (χ0n) is 84.5. The highest BCUT2D eigenvalue weighted by Crippen LogP contribution is 2.23. The van der Waals surface area contributed by atoms with Crippen LogP contribution in [0, 0.1) is 41.4 Å². The predicted molar refractivity (Wildman–Crippen MR) is 539 cm³/mol. The highest BCUT2D eigenvalue weighted by Gasteiger charge is 2.41. The lowest BCUT2D eigenvalue weighted by molar-refractivity contribution is -0.137. The third-order valence-electron chi connectivity index (χ3n) is 23.6. The number of benzene rings is 2. The minimum atomic E-state index is -1.50. The Morgan fingerprint density at radius 2 is 0.597 bits per heavy atom. The van der Waals surface area contributed by atoms with Crippen LogP contribution in [0.1, 0.15) is 249 Å². The zero-order valence-corrected chi connectivity index (χ0v) is 84.5. The average molecular weight is 1950 g/mol. The zero-order chi connectivity index (χ0) is 104. The lowest BCUT2D eigenvalue weighted by atomic mass is 9.96. The minimum Gasteiger partial charge on any atom is -0.370 e. The van der Waals surface area contributed by atoms with E-state index in [1.165, 1.54) is 0 Å². The van der Waals surface area contributed by atoms with Crippen molar-refractivity contribution in [2.24, 2.45) is 109 Å². The van der Waals surface area contributed by atoms with Gasteiger partial charge < -0.3 is 137 Å². The number of para-hydroxylation sites is 1. The molecule has 1 aromatic heterocycles. The van der Waals surface area contributed by atoms with E-state index in [0.717, 1.165) is 10.9 Å². The fourth-order valence-corrected chi connectivity index (χ4v) is 15.8. The molecule has 42 heteroatoms. The molecule has 15 amide bonds. The Balaban J connectivity index is 2.09. The first-order valence-corrected chi connectivity index (χ1v) is 49.6. The maximum absolute atomic E-state index is 15.2. The summed E-state index contributed by atoms with van der Waals surface area (Å²) in [4.78, 5) is 231. The van der Waals surface area contributed by atoms with E-state index < -0.39 is 191 Å². The summed E-state index contributed by atoms with van der Waals surface area (Å²) in [7, 11) is 0. The van der Waals surface area contributed by atoms with Crippen LogP contribution in [0.15, 0.2) is 70.8 Å². The molecule has 0 spiro atoms. The molecule has 782 valence electrons. The molecule has 139 heavy (non-hydrogen) atoms. The van der Waals surface area contributed by atoms with Crippen molar-refractivity contribution < 1.29 is 71.9 Å². The number of aliphatic imine (C=N–C) groups is 2. The number of aromatic amines is 1. The van der Waals surface area contributed by atoms with Crippen LogP contribution in [-0.4, -0.2) is 235 Å². The normalized spacial score (nSPS) is 14.9. The topological polar surface area (TPSA) is 725 Å². The Hall–Kier alpha value is -11.6. The highest BCUT2D eigenvalue weighted by molar-refractivity contribution is 6.01. The summed E-state index contributed by atoms with van der Waals surface area (Å²) < 4.78 is 0. The summed E-state index contributed by atoms with van der Waals surface area (Å²) in [6.07, 6.45) is 5.51. The Morgan fingerprint density at radius 3 is 0.950 bits per heavy atom. The molecule has 0 bridgehead atoms. The summed E-state index contributed by atoms with van der Waals surface area (Å²) in [6, 6.07) is -3.30. The van der Waals surface area contributed by atoms with Gasteiger partial charge in [0, 0.05) is 43.0 Å². The summed E-state index contributed by atoms with van der Waals surface area (Å²) in [5, 5.41) is 40.1. The molecule has 35 N–H and O–H groups in total. The number of nitrogens with two attached hydrogens (primary N) is 10. The standard InChI is InChI=1S/C97H169N27O15/c1-15-61(14)80(95(139)116-72(40-30-46-109-97(106)107)84(128)112-71(39-29-45-108-96(104)105)86(130)120-75(50-58(8)9)90(134)121-74(49-57(6)7)89(133)115-69(37-23-27-43-100)87(131)123-79(60(12)13)94(138)117-73(81(103)125)48-56(4)5)124-88(132)70(38-24-28-44-101)111-83(127)67(35-21-25-41-98)113-92(136)77(52-62-31-17-16-18-32-62)122-91(135)76(51-59(10)11)119-85(129)68(36-22-26-42-99)114-93(137)78(118-82(126)65(102)47-55(2)3)53-63-54-110-66-34-20-19-33-64(63)66/h16-20,31-34,54-61,65,67-80,110H,15,21-30,35-53,98-102H2,1-14H3,(H2,103,125)(H,111,127)(H,112,128)(H,113,136)(H,114,137)(H,115,133)(H,116,139)(H,117,138)(H,118,126)(H,119,129)(H,120,130)(H,121,134)(H,122,135)(H,123,131)(H,124,132)(H4,104,105,108)(H4,106,107,109)/t61-,65-,67-,68-,69-,70-,71-,72-,73-,74-,75-,76-,77-,78-,79-,80-/m0/s1. The van der Waals surface area contributed by atoms with Crippen molar-refractivity contribution in [3.63, 3.8) is 0 Å². The number of unbranched alkanes of at least 4 members (excludes halogenated alkanes) is 4. The van der Waals surface area contributed by atoms with E-state index in [2.05, 4.69) is 89.4 Å². The van der Waals surface area contributed by atoms with Crippen LogP contribution in [0.2, 0.25) is 0 Å². The van der Waals surface area contributed by atoms with E-state index in [0.29, 0.717) is 56.1 Å². The monoisotopic (exact) mass is 1950 g/mol. The van der Waals surface area contributed by atoms with Gasteiger partial charge in [-0.05, 0) is 220 Å². The Kier molecular flexibility index (Phi) is 57.1. The molecule has 3 rings (SSSR count). The van der Waals surface area contributed by atoms with E-state index in [1.807, 2.05) is 79.7 Å². The third-order valence-corrected chi connectivity index (χ3v) is 23.6. The molecule has 3 aromatic rings. The molecule has 0 saturated carbocycles. The van der Waals surface area contributed by atoms with Gasteiger partial charge in [-0.2, -0.15) is 0 Å². The number of amides is 15. The van der Waals surface area contributed by atoms with Gasteiger partial charge in [0.05, 0.1) is 6.04 Å². The van der Waals surface area contributed by atoms with Crippen molar-refractivity contribution in [2.45, 2.75) is 342 Å². The van der Waals surface area contributed by atoms with Crippen LogP contribution < -0.4 is 132 Å². The number of nitrogens with zero attached hydrogens (tertiary/aromatic N) is 2. The van der Waals surface area contributed by atoms with Crippen molar-refractivity contribution in [3.05, 3.63) is 71.9 Å². The quantitative estimate of drug-likeness (QED) is 0.0203. The van der Waals surface area contributed by atoms with Crippen molar-refractivity contribution in [3.8, 4) is 0 Å². The molecular formula is C97H169N27O15. The fourth-order valence-electron chi connectivity index (χ4n) is 15.8. The maximum Gasteiger partial charge on any atom is 0.243 e. The maximum atomic E-state index is 15.2. The van der Waals surface area contributed by atoms with Crippen LogP contribution in [-0.2, 0) is 84.8 Å². The van der Waals surface area contributed by atoms with Gasteiger partial charge in [0.25, 0.3) is 0 Å². The van der Waals surface area contributed by atoms with Gasteiger partial charge in [0.1, 0.15) is 84.6 Å². The number of rotatable bonds is 70. The van der Waals surface area contributed by atoms with Crippen molar-refractivity contribution in [1.29, 1.82) is 0 Å². The molecule has 0 fully saturated rings. The number of hydrogen-bond acceptors (Lipinski definition) is 22. The number of aromatic nitrogens is 1. The first-order chi connectivity index (χ1) is 65.8. The second-order valence-electron chi connectivity index (χ2n) is 38.8. The van der Waals surface area contributed by atoms with Gasteiger partial charge in [-0.15, -0.1) is 0 Å². The van der Waals surface area contributed by atoms with Gasteiger partial charge in [-0.25, -0.2) is 0 Å². The summed E-state index contributed by atoms with van der Waals surface area (Å²) >= 11 is 0. The van der Waals surface area contributed by atoms with Gasteiger partial charge in [0.2, 0.25) is 88.6 Å². The van der Waals surface area contributed by atoms with Crippen molar-refractivity contribution in [2.75, 3.05) is 39.3 Å². The van der Waals surface area contributed by atoms with E-state index in [1.54, 1.807) is 78.1 Å². The molecule has 2 aromatic carbocycles. The smallest absolute Gasteiger partial charge is 0.243 e. The Morgan fingerprint density at radius 1 is 0.309 bits per heavy atom. The summed E-state index contributed by atoms with van der Waals surface area (Å²) in [6.45, 7) is 26.1. The summed E-state index contributed by atoms with van der Waals surface area (Å²) in [5.74, 6) is -14.0. The lowest BCUT2D eigenvalue weighted by Crippen LogP contribution is -2.62.